The second-order valence-corrected chi connectivity index (χ2v) is 17.8. The van der Waals surface area contributed by atoms with E-state index in [1.54, 1.807) is 24.9 Å². The Balaban J connectivity index is 1.42. The number of unbranched alkanes of at least 4 members (excludes halogenated alkanes) is 2. The average Bonchev–Trinajstić information content (AvgIpc) is 3.32. The van der Waals surface area contributed by atoms with Crippen LogP contribution in [0.5, 0.6) is 23.0 Å². The molecule has 1 amide bonds. The van der Waals surface area contributed by atoms with Crippen molar-refractivity contribution in [3.63, 3.8) is 0 Å². The summed E-state index contributed by atoms with van der Waals surface area (Å²) >= 11 is 1.68. The lowest BCUT2D eigenvalue weighted by molar-refractivity contribution is -0.257. The van der Waals surface area contributed by atoms with E-state index in [0.29, 0.717) is 49.5 Å². The molecule has 64 heavy (non-hydrogen) atoms. The number of rotatable bonds is 23. The molecule has 0 radical (unpaired) electrons. The monoisotopic (exact) mass is 888 g/mol. The highest BCUT2D eigenvalue weighted by Crippen LogP contribution is 2.62. The zero-order valence-corrected chi connectivity index (χ0v) is 38.3. The Morgan fingerprint density at radius 2 is 1.67 bits per heavy atom. The summed E-state index contributed by atoms with van der Waals surface area (Å²) in [6.45, 7) is 7.32. The number of hydrogen-bond acceptors (Lipinski definition) is 10. The maximum absolute atomic E-state index is 15.0. The standard InChI is InChI=1S/C53H64N2O8S/c1-5-27-55(50(58)32-38-17-14-19-41(31-38)59-3)49-35-47(54-61-36-37-15-8-7-9-16-37)45-33-39(18-10-12-28-56)44(20-11-13-29-57)51-46-34-42(62-40-21-24-43(64-4)25-22-40)23-26-48(46)63-53(49,52(45)51)60-30-6-2/h6-9,14-17,19,21-26,31,33-34,39,44,49,51-52,56-57H,2,5,10-13,18,20,27-30,32,35-36H2,1,3-4H3/t39-,44+,49-,51+,52+,53+/m0/s1. The molecule has 4 aromatic rings. The minimum absolute atomic E-state index is 0.0574. The molecule has 3 aliphatic rings. The summed E-state index contributed by atoms with van der Waals surface area (Å²) in [4.78, 5) is 24.4. The van der Waals surface area contributed by atoms with Gasteiger partial charge in [0.25, 0.3) is 0 Å². The third kappa shape index (κ3) is 10.7. The van der Waals surface area contributed by atoms with Crippen LogP contribution >= 0.6 is 11.8 Å². The number of allylic oxidation sites excluding steroid dienone is 1. The molecule has 340 valence electrons. The van der Waals surface area contributed by atoms with Gasteiger partial charge in [-0.25, -0.2) is 0 Å². The van der Waals surface area contributed by atoms with Gasteiger partial charge in [0.05, 0.1) is 31.8 Å². The number of thioether (sulfide) groups is 1. The maximum atomic E-state index is 15.0. The highest BCUT2D eigenvalue weighted by Gasteiger charge is 2.65. The molecular weight excluding hydrogens is 825 g/mol. The molecule has 6 atom stereocenters. The first-order chi connectivity index (χ1) is 31.4. The normalized spacial score (nSPS) is 22.7. The number of ether oxygens (including phenoxy) is 4. The Morgan fingerprint density at radius 3 is 2.39 bits per heavy atom. The number of nitrogens with zero attached hydrogens (tertiary/aromatic N) is 2. The predicted molar refractivity (Wildman–Crippen MR) is 253 cm³/mol. The minimum atomic E-state index is -1.35. The van der Waals surface area contributed by atoms with E-state index < -0.39 is 17.7 Å². The van der Waals surface area contributed by atoms with E-state index in [0.717, 1.165) is 64.3 Å². The Bertz CT molecular complexity index is 2210. The van der Waals surface area contributed by atoms with Crippen molar-refractivity contribution in [2.75, 3.05) is 39.7 Å². The van der Waals surface area contributed by atoms with Crippen LogP contribution in [0.3, 0.4) is 0 Å². The molecule has 2 N–H and O–H groups in total. The zero-order chi connectivity index (χ0) is 44.9. The number of carbonyl (C=O) groups excluding carboxylic acids is 1. The van der Waals surface area contributed by atoms with E-state index in [1.807, 2.05) is 83.8 Å². The number of fused-ring (bicyclic) bond motifs is 2. The Hall–Kier alpha value is -5.07. The number of methoxy groups -OCH3 is 1. The van der Waals surface area contributed by atoms with Crippen LogP contribution in [0.15, 0.2) is 131 Å². The van der Waals surface area contributed by atoms with Crippen molar-refractivity contribution in [2.24, 2.45) is 22.9 Å². The molecule has 1 fully saturated rings. The molecule has 10 nitrogen and oxygen atoms in total. The van der Waals surface area contributed by atoms with Crippen molar-refractivity contribution in [1.29, 1.82) is 0 Å². The SMILES string of the molecule is C=CCO[C@@]12Oc3ccc(Oc4ccc(SC)cc4)cc3[C@H]3[C@H](CCCCO)[C@@H](CCCCO)C=C(C(=NOCc4ccccc4)C[C@@H]1N(CCC)C(=O)Cc1cccc(OC)c1)[C@H]32. The summed E-state index contributed by atoms with van der Waals surface area (Å²) < 4.78 is 26.7. The van der Waals surface area contributed by atoms with Crippen molar-refractivity contribution < 1.29 is 38.8 Å². The third-order valence-electron chi connectivity index (χ3n) is 12.8. The molecule has 0 spiro atoms. The van der Waals surface area contributed by atoms with Crippen molar-refractivity contribution in [1.82, 2.24) is 4.90 Å². The molecule has 2 aliphatic carbocycles. The molecule has 4 aromatic carbocycles. The first-order valence-electron chi connectivity index (χ1n) is 22.8. The molecule has 11 heteroatoms. The third-order valence-corrected chi connectivity index (χ3v) is 13.6. The van der Waals surface area contributed by atoms with Crippen molar-refractivity contribution in [3.8, 4) is 23.0 Å². The number of amides is 1. The number of benzene rings is 4. The van der Waals surface area contributed by atoms with Gasteiger partial charge in [-0.2, -0.15) is 0 Å². The van der Waals surface area contributed by atoms with Crippen molar-refractivity contribution >= 4 is 23.4 Å². The van der Waals surface area contributed by atoms with E-state index >= 15 is 0 Å². The Labute approximate surface area is 383 Å². The van der Waals surface area contributed by atoms with E-state index in [2.05, 4.69) is 44.0 Å². The first-order valence-corrected chi connectivity index (χ1v) is 24.1. The largest absolute Gasteiger partial charge is 0.497 e. The lowest BCUT2D eigenvalue weighted by Gasteiger charge is -2.60. The van der Waals surface area contributed by atoms with Gasteiger partial charge in [-0.05, 0) is 121 Å². The average molecular weight is 889 g/mol. The Kier molecular flexibility index (Phi) is 16.6. The van der Waals surface area contributed by atoms with Crippen LogP contribution in [0.25, 0.3) is 0 Å². The number of aliphatic hydroxyl groups is 2. The van der Waals surface area contributed by atoms with E-state index in [9.17, 15) is 15.0 Å². The second-order valence-electron chi connectivity index (χ2n) is 16.9. The molecule has 7 rings (SSSR count). The molecule has 0 saturated heterocycles. The van der Waals surface area contributed by atoms with Crippen molar-refractivity contribution in [3.05, 3.63) is 138 Å². The fourth-order valence-corrected chi connectivity index (χ4v) is 10.4. The lowest BCUT2D eigenvalue weighted by atomic mass is 9.55. The molecule has 1 heterocycles. The summed E-state index contributed by atoms with van der Waals surface area (Å²) in [6, 6.07) is 31.2. The fraction of sp³-hybridized carbons (Fsp3) is 0.434. The molecule has 1 saturated carbocycles. The fourth-order valence-electron chi connectivity index (χ4n) is 10.0. The van der Waals surface area contributed by atoms with Gasteiger partial charge in [0.15, 0.2) is 0 Å². The van der Waals surface area contributed by atoms with Crippen LogP contribution in [0.1, 0.15) is 80.9 Å². The highest BCUT2D eigenvalue weighted by molar-refractivity contribution is 7.98. The lowest BCUT2D eigenvalue weighted by Crippen LogP contribution is -2.70. The molecular formula is C53H64N2O8S. The van der Waals surface area contributed by atoms with Crippen LogP contribution in [-0.2, 0) is 27.4 Å². The highest BCUT2D eigenvalue weighted by atomic mass is 32.2. The molecule has 0 unspecified atom stereocenters. The molecule has 0 aromatic heterocycles. The summed E-state index contributed by atoms with van der Waals surface area (Å²) in [7, 11) is 1.63. The van der Waals surface area contributed by atoms with E-state index in [-0.39, 0.29) is 56.5 Å². The van der Waals surface area contributed by atoms with Crippen LogP contribution in [-0.4, -0.2) is 78.3 Å². The van der Waals surface area contributed by atoms with Gasteiger partial charge < -0.3 is 38.9 Å². The minimum Gasteiger partial charge on any atom is -0.497 e. The quantitative estimate of drug-likeness (QED) is 0.0325. The predicted octanol–water partition coefficient (Wildman–Crippen LogP) is 10.5. The summed E-state index contributed by atoms with van der Waals surface area (Å²) in [5, 5.41) is 25.0. The number of aliphatic hydroxyl groups excluding tert-OH is 2. The molecule has 1 aliphatic heterocycles. The van der Waals surface area contributed by atoms with Crippen LogP contribution in [0.4, 0.5) is 0 Å². The van der Waals surface area contributed by atoms with Crippen LogP contribution in [0.2, 0.25) is 0 Å². The van der Waals surface area contributed by atoms with Gasteiger partial charge >= 0.3 is 0 Å². The van der Waals surface area contributed by atoms with Gasteiger partial charge in [-0.3, -0.25) is 4.79 Å². The van der Waals surface area contributed by atoms with Crippen LogP contribution in [0, 0.1) is 17.8 Å². The van der Waals surface area contributed by atoms with Gasteiger partial charge in [-0.1, -0.05) is 79.5 Å². The van der Waals surface area contributed by atoms with Crippen molar-refractivity contribution in [2.45, 2.75) is 94.0 Å². The van der Waals surface area contributed by atoms with Gasteiger partial charge in [0, 0.05) is 42.6 Å². The number of carbonyl (C=O) groups is 1. The van der Waals surface area contributed by atoms with Gasteiger partial charge in [-0.15, -0.1) is 18.3 Å². The smallest absolute Gasteiger partial charge is 0.239 e. The molecule has 0 bridgehead atoms. The first kappa shape index (κ1) is 46.9. The number of hydrogen-bond donors (Lipinski definition) is 2. The van der Waals surface area contributed by atoms with E-state index in [1.165, 1.54) is 0 Å². The number of oxime groups is 1. The summed E-state index contributed by atoms with van der Waals surface area (Å²) in [5.74, 6) is 0.973. The van der Waals surface area contributed by atoms with Gasteiger partial charge in [0.1, 0.15) is 35.6 Å². The summed E-state index contributed by atoms with van der Waals surface area (Å²) in [5.41, 5.74) is 4.60. The van der Waals surface area contributed by atoms with Crippen LogP contribution < -0.4 is 14.2 Å². The van der Waals surface area contributed by atoms with Gasteiger partial charge in [0.2, 0.25) is 11.7 Å². The Morgan fingerprint density at radius 1 is 0.922 bits per heavy atom. The zero-order valence-electron chi connectivity index (χ0n) is 37.5. The van der Waals surface area contributed by atoms with E-state index in [4.69, 9.17) is 28.9 Å². The second kappa shape index (κ2) is 22.7. The summed E-state index contributed by atoms with van der Waals surface area (Å²) in [6.07, 6.45) is 12.1. The maximum Gasteiger partial charge on any atom is 0.239 e. The topological polar surface area (TPSA) is 119 Å².